The Morgan fingerprint density at radius 3 is 2.01 bits per heavy atom. The number of carboxylic acid groups (broad SMARTS) is 1. The number of hydrogen-bond donors (Lipinski definition) is 4. The highest BCUT2D eigenvalue weighted by Crippen LogP contribution is 2.39. The topological polar surface area (TPSA) is 346 Å². The molecule has 1 aliphatic carbocycles. The zero-order chi connectivity index (χ0) is 56.7. The number of nitrogens with zero attached hydrogens (tertiary/aromatic N) is 3. The molecule has 406 valence electrons. The van der Waals surface area contributed by atoms with E-state index in [1.54, 1.807) is 36.3 Å². The number of nitrogen functional groups attached to an aromatic ring is 1. The van der Waals surface area contributed by atoms with Crippen molar-refractivity contribution < 1.29 is 71.2 Å². The molecule has 2 unspecified atom stereocenters. The van der Waals surface area contributed by atoms with Crippen molar-refractivity contribution in [1.29, 1.82) is 0 Å². The Morgan fingerprint density at radius 1 is 0.973 bits per heavy atom. The Morgan fingerprint density at radius 2 is 1.54 bits per heavy atom. The molecule has 0 spiro atoms. The van der Waals surface area contributed by atoms with Gasteiger partial charge in [-0.15, -0.1) is 11.6 Å². The summed E-state index contributed by atoms with van der Waals surface area (Å²) in [7, 11) is -5.77. The highest BCUT2D eigenvalue weighted by Gasteiger charge is 2.39. The standard InChI is InChI=1S/C15H22ClNO2.C14H13NO7S.C12H9ClN2O3.C3H8NO5P.C3H9S/c1-5-13-8-6-7-11(2)15(13)17(14(18)9-16)12(3)10-19-4;1-23(21,22)8-5-6-9(10(7-8)15(19)20)14(18)13-11(16)3-2-4-12(13)17;13-11-10(18-8-4-2-1-3-5-8)7-6-9(12(11)14)15(16)17;5-3(6)1-4-2-10(7,8)9;1-4(2)3/h6-8,12H,5,9-10H2,1-4H3;5-7,13H,2-4H2,1H3;1-7H,14H2;4H,1-2H2,(H,5,6)(H2,7,8,9);1-3H3/q;;;;+1/p-1. The Balaban J connectivity index is 0.000000495. The number of alkyl halides is 1. The summed E-state index contributed by atoms with van der Waals surface area (Å²) in [5, 5.41) is 31.8. The van der Waals surface area contributed by atoms with Crippen molar-refractivity contribution in [3.05, 3.63) is 121 Å². The minimum Gasteiger partial charge on any atom is -0.778 e. The third kappa shape index (κ3) is 22.3. The second-order valence-corrected chi connectivity index (χ2v) is 23.0. The first-order valence-corrected chi connectivity index (χ1v) is 28.9. The quantitative estimate of drug-likeness (QED) is 0.0127. The summed E-state index contributed by atoms with van der Waals surface area (Å²) >= 11 is 11.7. The number of Topliss-reactive ketones (excluding diaryl/α,β-unsaturated/α-hetero) is 3. The van der Waals surface area contributed by atoms with Crippen LogP contribution in [-0.4, -0.2) is 121 Å². The largest absolute Gasteiger partial charge is 0.778 e. The Hall–Kier alpha value is -5.82. The normalized spacial score (nSPS) is 13.4. The van der Waals surface area contributed by atoms with Gasteiger partial charge in [0.05, 0.1) is 70.2 Å². The van der Waals surface area contributed by atoms with Crippen LogP contribution in [0.2, 0.25) is 5.02 Å². The van der Waals surface area contributed by atoms with Crippen molar-refractivity contribution in [3.8, 4) is 11.5 Å². The number of ether oxygens (including phenoxy) is 2. The maximum Gasteiger partial charge on any atom is 0.317 e. The van der Waals surface area contributed by atoms with E-state index < -0.39 is 80.6 Å². The van der Waals surface area contributed by atoms with Gasteiger partial charge in [-0.1, -0.05) is 54.9 Å². The lowest BCUT2D eigenvalue weighted by Crippen LogP contribution is -2.43. The summed E-state index contributed by atoms with van der Waals surface area (Å²) in [5.74, 6) is -4.04. The van der Waals surface area contributed by atoms with Crippen LogP contribution >= 0.6 is 30.8 Å². The van der Waals surface area contributed by atoms with E-state index in [-0.39, 0.29) is 57.7 Å². The lowest BCUT2D eigenvalue weighted by Gasteiger charge is -2.31. The number of nitrogens with one attached hydrogen (secondary N) is 1. The first kappa shape index (κ1) is 66.2. The van der Waals surface area contributed by atoms with Gasteiger partial charge in [0.25, 0.3) is 11.4 Å². The van der Waals surface area contributed by atoms with Gasteiger partial charge >= 0.3 is 5.97 Å². The van der Waals surface area contributed by atoms with E-state index in [2.05, 4.69) is 31.8 Å². The molecule has 1 amide bonds. The fourth-order valence-electron chi connectivity index (χ4n) is 6.50. The molecule has 0 radical (unpaired) electrons. The molecule has 0 heterocycles. The molecule has 4 aromatic carbocycles. The molecular formula is C47H60Cl2N5O17PS2. The van der Waals surface area contributed by atoms with Crippen molar-refractivity contribution in [2.45, 2.75) is 57.4 Å². The molecule has 1 saturated carbocycles. The van der Waals surface area contributed by atoms with E-state index >= 15 is 0 Å². The van der Waals surface area contributed by atoms with Gasteiger partial charge in [-0.05, 0) is 79.0 Å². The number of rotatable bonds is 17. The zero-order valence-corrected chi connectivity index (χ0v) is 45.8. The number of carbonyl (C=O) groups is 5. The predicted octanol–water partition coefficient (Wildman–Crippen LogP) is 6.56. The number of anilines is 2. The SMILES string of the molecule is CCc1cccc(C)c1N(C(=O)CCl)C(C)COC.CS(=O)(=O)c1ccc(C(=O)C2C(=O)CCCC2=O)c([N+](=O)[O-])c1.C[S+](C)C.Nc1c([N+](=O)[O-])ccc(Oc2ccccc2)c1Cl.O=C(O)CNCP(=O)([O-])O. The highest BCUT2D eigenvalue weighted by molar-refractivity contribution is 7.94. The molecule has 5 rings (SSSR count). The van der Waals surface area contributed by atoms with Gasteiger partial charge in [0, 0.05) is 38.3 Å². The average Bonchev–Trinajstić information content (AvgIpc) is 3.30. The van der Waals surface area contributed by atoms with Crippen molar-refractivity contribution in [1.82, 2.24) is 5.32 Å². The second kappa shape index (κ2) is 31.8. The Bertz CT molecular complexity index is 2750. The van der Waals surface area contributed by atoms with Crippen molar-refractivity contribution in [2.75, 3.05) is 68.1 Å². The predicted molar refractivity (Wildman–Crippen MR) is 282 cm³/mol. The fourth-order valence-corrected chi connectivity index (χ4v) is 7.86. The third-order valence-electron chi connectivity index (χ3n) is 9.66. The van der Waals surface area contributed by atoms with Gasteiger partial charge in [-0.2, -0.15) is 0 Å². The second-order valence-electron chi connectivity index (χ2n) is 16.3. The number of methoxy groups -OCH3 is 1. The molecule has 74 heavy (non-hydrogen) atoms. The lowest BCUT2D eigenvalue weighted by atomic mass is 9.81. The summed E-state index contributed by atoms with van der Waals surface area (Å²) < 4.78 is 43.6. The molecule has 5 N–H and O–H groups in total. The van der Waals surface area contributed by atoms with Crippen molar-refractivity contribution >= 4 is 104 Å². The molecule has 1 fully saturated rings. The summed E-state index contributed by atoms with van der Waals surface area (Å²) in [6, 6.07) is 20.5. The summed E-state index contributed by atoms with van der Waals surface area (Å²) in [6.07, 6.45) is 8.12. The molecule has 0 aliphatic heterocycles. The molecule has 2 atom stereocenters. The van der Waals surface area contributed by atoms with E-state index in [4.69, 9.17) is 48.4 Å². The number of sulfone groups is 1. The Labute approximate surface area is 441 Å². The van der Waals surface area contributed by atoms with Gasteiger partial charge in [-0.25, -0.2) is 8.42 Å². The van der Waals surface area contributed by atoms with E-state index in [9.17, 15) is 62.1 Å². The molecule has 1 aliphatic rings. The number of aryl methyl sites for hydroxylation is 2. The summed E-state index contributed by atoms with van der Waals surface area (Å²) in [4.78, 5) is 97.8. The number of halogens is 2. The van der Waals surface area contributed by atoms with E-state index in [1.165, 1.54) is 12.1 Å². The van der Waals surface area contributed by atoms with Crippen LogP contribution in [0.4, 0.5) is 22.7 Å². The number of hydrogen-bond acceptors (Lipinski definition) is 17. The number of nitrogens with two attached hydrogens (primary N) is 1. The minimum atomic E-state index is -4.35. The van der Waals surface area contributed by atoms with Gasteiger partial charge in [0.2, 0.25) is 5.91 Å². The number of benzene rings is 4. The number of amides is 1. The Kier molecular flexibility index (Phi) is 28.5. The summed E-state index contributed by atoms with van der Waals surface area (Å²) in [6.45, 7) is 6.08. The third-order valence-corrected chi connectivity index (χ3v) is 12.0. The van der Waals surface area contributed by atoms with Gasteiger partial charge in [0.1, 0.15) is 41.6 Å². The number of ketones is 3. The monoisotopic (exact) mass is 1130 g/mol. The average molecular weight is 1130 g/mol. The van der Waals surface area contributed by atoms with Crippen molar-refractivity contribution in [2.24, 2.45) is 5.92 Å². The number of nitro groups is 2. The molecular weight excluding hydrogens is 1070 g/mol. The van der Waals surface area contributed by atoms with E-state index in [0.717, 1.165) is 47.7 Å². The summed E-state index contributed by atoms with van der Waals surface area (Å²) in [5.41, 5.74) is 7.29. The molecule has 22 nitrogen and oxygen atoms in total. The van der Waals surface area contributed by atoms with E-state index in [0.29, 0.717) is 29.7 Å². The molecule has 4 aromatic rings. The van der Waals surface area contributed by atoms with Crippen LogP contribution in [0.3, 0.4) is 0 Å². The number of carbonyl (C=O) groups excluding carboxylic acids is 4. The first-order valence-electron chi connectivity index (χ1n) is 21.9. The van der Waals surface area contributed by atoms with Crippen LogP contribution < -0.4 is 25.6 Å². The fraction of sp³-hybridized carbons (Fsp3) is 0.383. The van der Waals surface area contributed by atoms with Crippen molar-refractivity contribution in [3.63, 3.8) is 0 Å². The van der Waals surface area contributed by atoms with Gasteiger partial charge in [0.15, 0.2) is 27.2 Å². The van der Waals surface area contributed by atoms with Crippen LogP contribution in [0.1, 0.15) is 54.6 Å². The van der Waals surface area contributed by atoms with Crippen LogP contribution in [0.5, 0.6) is 11.5 Å². The van der Waals surface area contributed by atoms with Gasteiger partial charge in [-0.3, -0.25) is 49.5 Å². The number of para-hydroxylation sites is 2. The maximum absolute atomic E-state index is 12.4. The van der Waals surface area contributed by atoms with Gasteiger partial charge < -0.3 is 39.6 Å². The van der Waals surface area contributed by atoms with Crippen LogP contribution in [-0.2, 0) is 55.6 Å². The number of nitro benzene ring substituents is 2. The number of aliphatic carboxylic acids is 1. The lowest BCUT2D eigenvalue weighted by molar-refractivity contribution is -0.385. The zero-order valence-electron chi connectivity index (χ0n) is 41.8. The minimum absolute atomic E-state index is 0.0223. The van der Waals surface area contributed by atoms with E-state index in [1.807, 2.05) is 37.4 Å². The number of carboxylic acids is 1. The molecule has 0 aromatic heterocycles. The van der Waals surface area contributed by atoms with Crippen LogP contribution in [0.25, 0.3) is 0 Å². The molecule has 0 bridgehead atoms. The van der Waals surface area contributed by atoms with Crippen LogP contribution in [0.15, 0.2) is 83.8 Å². The first-order chi connectivity index (χ1) is 34.4. The smallest absolute Gasteiger partial charge is 0.317 e. The van der Waals surface area contributed by atoms with Crippen LogP contribution in [0, 0.1) is 33.1 Å². The molecule has 0 saturated heterocycles. The highest BCUT2D eigenvalue weighted by atomic mass is 35.5. The maximum atomic E-state index is 12.4. The molecule has 27 heteroatoms.